The van der Waals surface area contributed by atoms with E-state index in [1.165, 1.54) is 0 Å². The smallest absolute Gasteiger partial charge is 0.255 e. The van der Waals surface area contributed by atoms with Crippen LogP contribution in [0.1, 0.15) is 11.3 Å². The number of aromatic amines is 1. The van der Waals surface area contributed by atoms with Gasteiger partial charge in [0, 0.05) is 55.5 Å². The van der Waals surface area contributed by atoms with Gasteiger partial charge in [0.15, 0.2) is 0 Å². The quantitative estimate of drug-likeness (QED) is 0.878. The Balaban J connectivity index is 1.72. The molecule has 1 aliphatic rings. The molecule has 0 bridgehead atoms. The van der Waals surface area contributed by atoms with Crippen molar-refractivity contribution in [3.05, 3.63) is 50.9 Å². The van der Waals surface area contributed by atoms with Crippen LogP contribution in [0.5, 0.6) is 0 Å². The maximum Gasteiger partial charge on any atom is 0.255 e. The average Bonchev–Trinajstić information content (AvgIpc) is 2.58. The number of piperazine rings is 1. The van der Waals surface area contributed by atoms with E-state index in [4.69, 9.17) is 16.7 Å². The topological polar surface area (TPSA) is 72.5 Å². The summed E-state index contributed by atoms with van der Waals surface area (Å²) in [4.78, 5) is 23.9. The number of rotatable bonds is 4. The molecule has 0 unspecified atom stereocenters. The Morgan fingerprint density at radius 2 is 1.96 bits per heavy atom. The number of nitrogens with one attached hydrogen (secondary N) is 1. The summed E-state index contributed by atoms with van der Waals surface area (Å²) in [6.07, 6.45) is 0.330. The fourth-order valence-corrected chi connectivity index (χ4v) is 3.19. The van der Waals surface area contributed by atoms with Crippen LogP contribution in [-0.2, 0) is 6.42 Å². The van der Waals surface area contributed by atoms with Crippen LogP contribution in [0.15, 0.2) is 29.1 Å². The molecule has 3 rings (SSSR count). The third-order valence-corrected chi connectivity index (χ3v) is 4.56. The molecule has 0 amide bonds. The van der Waals surface area contributed by atoms with Crippen molar-refractivity contribution < 1.29 is 5.11 Å². The first-order valence-electron chi connectivity index (χ1n) is 8.04. The van der Waals surface area contributed by atoms with E-state index in [1.54, 1.807) is 0 Å². The Morgan fingerprint density at radius 1 is 1.25 bits per heavy atom. The second-order valence-electron chi connectivity index (χ2n) is 5.88. The van der Waals surface area contributed by atoms with Crippen LogP contribution >= 0.6 is 11.6 Å². The number of anilines is 2. The molecule has 1 saturated heterocycles. The van der Waals surface area contributed by atoms with Crippen molar-refractivity contribution in [1.82, 2.24) is 9.97 Å². The van der Waals surface area contributed by atoms with E-state index < -0.39 is 0 Å². The zero-order valence-electron chi connectivity index (χ0n) is 13.6. The number of hydrogen-bond donors (Lipinski definition) is 2. The number of nitrogens with zero attached hydrogens (tertiary/aromatic N) is 3. The Kier molecular flexibility index (Phi) is 5.06. The molecule has 24 heavy (non-hydrogen) atoms. The first-order chi connectivity index (χ1) is 11.6. The molecular weight excluding hydrogens is 328 g/mol. The molecule has 1 aliphatic heterocycles. The fourth-order valence-electron chi connectivity index (χ4n) is 3.00. The highest BCUT2D eigenvalue weighted by Crippen LogP contribution is 2.21. The maximum atomic E-state index is 12.2. The lowest BCUT2D eigenvalue weighted by Gasteiger charge is -2.36. The summed E-state index contributed by atoms with van der Waals surface area (Å²) in [5, 5.41) is 9.77. The molecule has 0 radical (unpaired) electrons. The largest absolute Gasteiger partial charge is 0.396 e. The number of benzene rings is 1. The van der Waals surface area contributed by atoms with Crippen LogP contribution in [0.4, 0.5) is 11.6 Å². The lowest BCUT2D eigenvalue weighted by atomic mass is 10.2. The van der Waals surface area contributed by atoms with Crippen molar-refractivity contribution in [3.63, 3.8) is 0 Å². The summed E-state index contributed by atoms with van der Waals surface area (Å²) in [5.74, 6) is 0.602. The highest BCUT2D eigenvalue weighted by molar-refractivity contribution is 6.30. The van der Waals surface area contributed by atoms with Crippen molar-refractivity contribution >= 4 is 23.2 Å². The predicted molar refractivity (Wildman–Crippen MR) is 96.3 cm³/mol. The Bertz CT molecular complexity index is 769. The summed E-state index contributed by atoms with van der Waals surface area (Å²) in [7, 11) is 0. The molecule has 6 nitrogen and oxygen atoms in total. The van der Waals surface area contributed by atoms with Gasteiger partial charge in [-0.3, -0.25) is 9.78 Å². The molecule has 0 aliphatic carbocycles. The lowest BCUT2D eigenvalue weighted by molar-refractivity contribution is 0.298. The van der Waals surface area contributed by atoms with Gasteiger partial charge < -0.3 is 14.9 Å². The van der Waals surface area contributed by atoms with Gasteiger partial charge in [0.25, 0.3) is 5.56 Å². The van der Waals surface area contributed by atoms with Crippen molar-refractivity contribution in [1.29, 1.82) is 0 Å². The predicted octanol–water partition coefficient (Wildman–Crippen LogP) is 1.59. The SMILES string of the molecule is Cc1nc(N2CCN(c3cccc(Cl)c3)CC2)[nH]c(=O)c1CCO. The number of aliphatic hydroxyl groups is 1. The highest BCUT2D eigenvalue weighted by Gasteiger charge is 2.20. The Hall–Kier alpha value is -2.05. The molecule has 1 aromatic carbocycles. The molecule has 2 N–H and O–H groups in total. The van der Waals surface area contributed by atoms with Gasteiger partial charge >= 0.3 is 0 Å². The monoisotopic (exact) mass is 348 g/mol. The van der Waals surface area contributed by atoms with Gasteiger partial charge in [-0.2, -0.15) is 0 Å². The number of H-pyrrole nitrogens is 1. The highest BCUT2D eigenvalue weighted by atomic mass is 35.5. The molecular formula is C17H21ClN4O2. The van der Waals surface area contributed by atoms with E-state index in [0.29, 0.717) is 23.6 Å². The molecule has 1 fully saturated rings. The van der Waals surface area contributed by atoms with Gasteiger partial charge in [0.1, 0.15) is 0 Å². The van der Waals surface area contributed by atoms with E-state index in [1.807, 2.05) is 25.1 Å². The van der Waals surface area contributed by atoms with Crippen LogP contribution < -0.4 is 15.4 Å². The lowest BCUT2D eigenvalue weighted by Crippen LogP contribution is -2.47. The van der Waals surface area contributed by atoms with Gasteiger partial charge in [-0.25, -0.2) is 4.98 Å². The van der Waals surface area contributed by atoms with Gasteiger partial charge in [0.05, 0.1) is 5.69 Å². The summed E-state index contributed by atoms with van der Waals surface area (Å²) in [6, 6.07) is 7.83. The van der Waals surface area contributed by atoms with E-state index >= 15 is 0 Å². The Labute approximate surface area is 145 Å². The van der Waals surface area contributed by atoms with Gasteiger partial charge in [0.2, 0.25) is 5.95 Å². The van der Waals surface area contributed by atoms with Gasteiger partial charge in [-0.1, -0.05) is 17.7 Å². The van der Waals surface area contributed by atoms with E-state index in [2.05, 4.69) is 25.8 Å². The standard InChI is InChI=1S/C17H21ClN4O2/c1-12-15(5-10-23)16(24)20-17(19-12)22-8-6-21(7-9-22)14-4-2-3-13(18)11-14/h2-4,11,23H,5-10H2,1H3,(H,19,20,24). The first kappa shape index (κ1) is 16.8. The van der Waals surface area contributed by atoms with E-state index in [9.17, 15) is 4.79 Å². The van der Waals surface area contributed by atoms with Crippen molar-refractivity contribution in [2.24, 2.45) is 0 Å². The number of halogens is 1. The number of aliphatic hydroxyl groups excluding tert-OH is 1. The minimum Gasteiger partial charge on any atom is -0.396 e. The second kappa shape index (κ2) is 7.23. The molecule has 7 heteroatoms. The van der Waals surface area contributed by atoms with Crippen LogP contribution in [-0.4, -0.2) is 47.9 Å². The van der Waals surface area contributed by atoms with Crippen LogP contribution in [0.3, 0.4) is 0 Å². The molecule has 0 saturated carbocycles. The zero-order valence-corrected chi connectivity index (χ0v) is 14.4. The third kappa shape index (κ3) is 3.55. The molecule has 0 spiro atoms. The van der Waals surface area contributed by atoms with Gasteiger partial charge in [-0.05, 0) is 25.1 Å². The average molecular weight is 349 g/mol. The molecule has 2 aromatic rings. The van der Waals surface area contributed by atoms with Crippen LogP contribution in [0, 0.1) is 6.92 Å². The molecule has 1 aromatic heterocycles. The minimum atomic E-state index is -0.163. The van der Waals surface area contributed by atoms with E-state index in [-0.39, 0.29) is 12.2 Å². The van der Waals surface area contributed by atoms with Crippen molar-refractivity contribution in [2.75, 3.05) is 42.6 Å². The van der Waals surface area contributed by atoms with Crippen molar-refractivity contribution in [3.8, 4) is 0 Å². The number of aryl methyl sites for hydroxylation is 1. The number of hydrogen-bond acceptors (Lipinski definition) is 5. The summed E-state index contributed by atoms with van der Waals surface area (Å²) < 4.78 is 0. The summed E-state index contributed by atoms with van der Waals surface area (Å²) >= 11 is 6.06. The number of aromatic nitrogens is 2. The third-order valence-electron chi connectivity index (χ3n) is 4.32. The second-order valence-corrected chi connectivity index (χ2v) is 6.32. The zero-order chi connectivity index (χ0) is 17.1. The normalized spacial score (nSPS) is 15.0. The van der Waals surface area contributed by atoms with Crippen LogP contribution in [0.25, 0.3) is 0 Å². The molecule has 128 valence electrons. The minimum absolute atomic E-state index is 0.0523. The fraction of sp³-hybridized carbons (Fsp3) is 0.412. The maximum absolute atomic E-state index is 12.2. The van der Waals surface area contributed by atoms with E-state index in [0.717, 1.165) is 36.9 Å². The summed E-state index contributed by atoms with van der Waals surface area (Å²) in [5.41, 5.74) is 2.18. The molecule has 2 heterocycles. The summed E-state index contributed by atoms with van der Waals surface area (Å²) in [6.45, 7) is 4.97. The van der Waals surface area contributed by atoms with Crippen LogP contribution in [0.2, 0.25) is 5.02 Å². The Morgan fingerprint density at radius 3 is 2.58 bits per heavy atom. The molecule has 0 atom stereocenters. The van der Waals surface area contributed by atoms with Gasteiger partial charge in [-0.15, -0.1) is 0 Å². The van der Waals surface area contributed by atoms with Crippen molar-refractivity contribution in [2.45, 2.75) is 13.3 Å². The first-order valence-corrected chi connectivity index (χ1v) is 8.42.